The third-order valence-corrected chi connectivity index (χ3v) is 3.85. The van der Waals surface area contributed by atoms with Crippen LogP contribution < -0.4 is 11.1 Å². The second-order valence-electron chi connectivity index (χ2n) is 5.02. The van der Waals surface area contributed by atoms with Gasteiger partial charge in [-0.05, 0) is 30.3 Å². The Morgan fingerprint density at radius 3 is 2.67 bits per heavy atom. The molecule has 7 heteroatoms. The van der Waals surface area contributed by atoms with Crippen molar-refractivity contribution < 1.29 is 9.59 Å². The summed E-state index contributed by atoms with van der Waals surface area (Å²) >= 11 is 3.40. The Kier molecular flexibility index (Phi) is 4.43. The van der Waals surface area contributed by atoms with E-state index in [1.165, 1.54) is 6.20 Å². The lowest BCUT2D eigenvalue weighted by Gasteiger charge is -2.07. The molecule has 0 saturated heterocycles. The number of carbonyl (C=O) groups is 2. The molecule has 0 aliphatic heterocycles. The Bertz CT molecular complexity index is 920. The molecule has 120 valence electrons. The summed E-state index contributed by atoms with van der Waals surface area (Å²) in [5.41, 5.74) is 7.12. The number of aromatic nitrogens is 2. The molecule has 1 heterocycles. The van der Waals surface area contributed by atoms with Crippen LogP contribution >= 0.6 is 15.9 Å². The minimum absolute atomic E-state index is 0.255. The van der Waals surface area contributed by atoms with Crippen LogP contribution in [-0.4, -0.2) is 21.6 Å². The molecule has 6 nitrogen and oxygen atoms in total. The molecule has 0 aliphatic carbocycles. The summed E-state index contributed by atoms with van der Waals surface area (Å²) in [6, 6.07) is 14.1. The van der Waals surface area contributed by atoms with E-state index < -0.39 is 5.91 Å². The van der Waals surface area contributed by atoms with Crippen molar-refractivity contribution in [2.75, 3.05) is 5.32 Å². The van der Waals surface area contributed by atoms with Gasteiger partial charge < -0.3 is 11.1 Å². The number of hydrogen-bond donors (Lipinski definition) is 2. The van der Waals surface area contributed by atoms with Crippen molar-refractivity contribution in [3.8, 4) is 5.69 Å². The van der Waals surface area contributed by atoms with Crippen LogP contribution in [0, 0.1) is 0 Å². The van der Waals surface area contributed by atoms with Crippen LogP contribution in [0.3, 0.4) is 0 Å². The Balaban J connectivity index is 1.83. The molecule has 3 aromatic rings. The lowest BCUT2D eigenvalue weighted by atomic mass is 10.1. The highest BCUT2D eigenvalue weighted by Crippen LogP contribution is 2.17. The van der Waals surface area contributed by atoms with Gasteiger partial charge in [0.2, 0.25) is 0 Å². The number of para-hydroxylation sites is 1. The molecular weight excluding hydrogens is 372 g/mol. The van der Waals surface area contributed by atoms with Gasteiger partial charge in [-0.25, -0.2) is 4.68 Å². The van der Waals surface area contributed by atoms with E-state index in [9.17, 15) is 9.59 Å². The minimum atomic E-state index is -0.601. The second-order valence-corrected chi connectivity index (χ2v) is 5.93. The molecule has 0 bridgehead atoms. The number of nitrogens with two attached hydrogens (primary N) is 1. The summed E-state index contributed by atoms with van der Waals surface area (Å²) in [5, 5.41) is 6.87. The maximum Gasteiger partial charge on any atom is 0.258 e. The van der Waals surface area contributed by atoms with E-state index >= 15 is 0 Å². The number of hydrogen-bond acceptors (Lipinski definition) is 3. The van der Waals surface area contributed by atoms with Gasteiger partial charge in [-0.1, -0.05) is 34.1 Å². The van der Waals surface area contributed by atoms with Gasteiger partial charge in [0.15, 0.2) is 0 Å². The molecule has 0 spiro atoms. The number of rotatable bonds is 4. The highest BCUT2D eigenvalue weighted by molar-refractivity contribution is 9.10. The number of halogens is 1. The van der Waals surface area contributed by atoms with Gasteiger partial charge in [-0.3, -0.25) is 9.59 Å². The molecule has 3 rings (SSSR count). The fourth-order valence-corrected chi connectivity index (χ4v) is 2.59. The minimum Gasteiger partial charge on any atom is -0.366 e. The molecule has 0 radical (unpaired) electrons. The third kappa shape index (κ3) is 3.36. The van der Waals surface area contributed by atoms with Gasteiger partial charge >= 0.3 is 0 Å². The summed E-state index contributed by atoms with van der Waals surface area (Å²) in [7, 11) is 0. The zero-order chi connectivity index (χ0) is 17.1. The summed E-state index contributed by atoms with van der Waals surface area (Å²) in [6.45, 7) is 0. The zero-order valence-corrected chi connectivity index (χ0v) is 14.0. The van der Waals surface area contributed by atoms with Crippen LogP contribution in [0.15, 0.2) is 65.4 Å². The number of amides is 2. The van der Waals surface area contributed by atoms with E-state index in [1.807, 2.05) is 24.3 Å². The average molecular weight is 385 g/mol. The molecule has 0 atom stereocenters. The smallest absolute Gasteiger partial charge is 0.258 e. The Morgan fingerprint density at radius 2 is 1.92 bits per heavy atom. The van der Waals surface area contributed by atoms with Gasteiger partial charge in [0.1, 0.15) is 0 Å². The highest BCUT2D eigenvalue weighted by Gasteiger charge is 2.13. The highest BCUT2D eigenvalue weighted by atomic mass is 79.9. The molecule has 0 unspecified atom stereocenters. The van der Waals surface area contributed by atoms with E-state index in [0.29, 0.717) is 11.3 Å². The topological polar surface area (TPSA) is 90.0 Å². The van der Waals surface area contributed by atoms with E-state index in [1.54, 1.807) is 35.1 Å². The molecule has 24 heavy (non-hydrogen) atoms. The van der Waals surface area contributed by atoms with Crippen molar-refractivity contribution in [1.82, 2.24) is 9.78 Å². The number of primary amides is 1. The molecule has 0 saturated carbocycles. The van der Waals surface area contributed by atoms with E-state index in [4.69, 9.17) is 5.73 Å². The first-order valence-electron chi connectivity index (χ1n) is 7.05. The van der Waals surface area contributed by atoms with Crippen molar-refractivity contribution >= 4 is 33.4 Å². The lowest BCUT2D eigenvalue weighted by Crippen LogP contribution is -2.17. The summed E-state index contributed by atoms with van der Waals surface area (Å²) < 4.78 is 2.51. The molecule has 2 aromatic carbocycles. The maximum absolute atomic E-state index is 12.4. The fourth-order valence-electron chi connectivity index (χ4n) is 2.20. The predicted molar refractivity (Wildman–Crippen MR) is 94.2 cm³/mol. The van der Waals surface area contributed by atoms with E-state index in [-0.39, 0.29) is 11.5 Å². The molecule has 1 aromatic heterocycles. The van der Waals surface area contributed by atoms with Gasteiger partial charge in [0, 0.05) is 10.7 Å². The monoisotopic (exact) mass is 384 g/mol. The Hall–Kier alpha value is -2.93. The van der Waals surface area contributed by atoms with Gasteiger partial charge in [0.05, 0.1) is 28.7 Å². The number of benzene rings is 2. The number of nitrogens with one attached hydrogen (secondary N) is 1. The number of carbonyl (C=O) groups excluding carboxylic acids is 2. The van der Waals surface area contributed by atoms with E-state index in [0.717, 1.165) is 10.2 Å². The zero-order valence-electron chi connectivity index (χ0n) is 12.4. The first-order valence-corrected chi connectivity index (χ1v) is 7.84. The van der Waals surface area contributed by atoms with Crippen molar-refractivity contribution in [3.05, 3.63) is 76.5 Å². The van der Waals surface area contributed by atoms with E-state index in [2.05, 4.69) is 26.3 Å². The van der Waals surface area contributed by atoms with Crippen LogP contribution in [0.25, 0.3) is 5.69 Å². The molecule has 3 N–H and O–H groups in total. The molecule has 2 amide bonds. The normalized spacial score (nSPS) is 10.4. The third-order valence-electron chi connectivity index (χ3n) is 3.36. The van der Waals surface area contributed by atoms with Crippen molar-refractivity contribution in [1.29, 1.82) is 0 Å². The van der Waals surface area contributed by atoms with Crippen molar-refractivity contribution in [2.24, 2.45) is 5.73 Å². The number of nitrogens with zero attached hydrogens (tertiary/aromatic N) is 2. The standard InChI is InChI=1S/C17H13BrN4O2/c18-12-4-3-5-13(8-12)22-10-11(9-20-22)17(24)21-15-7-2-1-6-14(15)16(19)23/h1-10H,(H2,19,23)(H,21,24). The van der Waals surface area contributed by atoms with Crippen LogP contribution in [0.2, 0.25) is 0 Å². The molecular formula is C17H13BrN4O2. The quantitative estimate of drug-likeness (QED) is 0.724. The summed E-state index contributed by atoms with van der Waals surface area (Å²) in [4.78, 5) is 23.8. The van der Waals surface area contributed by atoms with Crippen LogP contribution in [0.5, 0.6) is 0 Å². The van der Waals surface area contributed by atoms with Gasteiger partial charge in [-0.2, -0.15) is 5.10 Å². The maximum atomic E-state index is 12.4. The largest absolute Gasteiger partial charge is 0.366 e. The van der Waals surface area contributed by atoms with Gasteiger partial charge in [0.25, 0.3) is 11.8 Å². The van der Waals surface area contributed by atoms with Gasteiger partial charge in [-0.15, -0.1) is 0 Å². The first-order chi connectivity index (χ1) is 11.5. The lowest BCUT2D eigenvalue weighted by molar-refractivity contribution is 0.100. The van der Waals surface area contributed by atoms with Crippen molar-refractivity contribution in [2.45, 2.75) is 0 Å². The molecule has 0 fully saturated rings. The SMILES string of the molecule is NC(=O)c1ccccc1NC(=O)c1cnn(-c2cccc(Br)c2)c1. The summed E-state index contributed by atoms with van der Waals surface area (Å²) in [5.74, 6) is -0.972. The van der Waals surface area contributed by atoms with Crippen molar-refractivity contribution in [3.63, 3.8) is 0 Å². The Labute approximate surface area is 146 Å². The van der Waals surface area contributed by atoms with Crippen LogP contribution in [0.4, 0.5) is 5.69 Å². The van der Waals surface area contributed by atoms with Crippen LogP contribution in [-0.2, 0) is 0 Å². The second kappa shape index (κ2) is 6.67. The molecule has 0 aliphatic rings. The van der Waals surface area contributed by atoms with Crippen LogP contribution in [0.1, 0.15) is 20.7 Å². The Morgan fingerprint density at radius 1 is 1.12 bits per heavy atom. The summed E-state index contributed by atoms with van der Waals surface area (Å²) in [6.07, 6.45) is 3.08. The predicted octanol–water partition coefficient (Wildman–Crippen LogP) is 2.99. The average Bonchev–Trinajstić information content (AvgIpc) is 3.05. The number of anilines is 1. The fraction of sp³-hybridized carbons (Fsp3) is 0. The first kappa shape index (κ1) is 15.9.